The van der Waals surface area contributed by atoms with E-state index in [1.807, 2.05) is 36.4 Å². The molecular formula is C17H18BrClFNO. The molecule has 0 saturated heterocycles. The molecule has 2 N–H and O–H groups in total. The molecule has 2 nitrogen and oxygen atoms in total. The molecule has 22 heavy (non-hydrogen) atoms. The molecule has 0 spiro atoms. The van der Waals surface area contributed by atoms with Gasteiger partial charge in [-0.15, -0.1) is 12.4 Å². The maximum absolute atomic E-state index is 14.5. The lowest BCUT2D eigenvalue weighted by Crippen LogP contribution is -2.28. The fourth-order valence-electron chi connectivity index (χ4n) is 2.68. The van der Waals surface area contributed by atoms with Crippen molar-refractivity contribution in [2.24, 2.45) is 5.73 Å². The van der Waals surface area contributed by atoms with Gasteiger partial charge in [0.1, 0.15) is 18.2 Å². The smallest absolute Gasteiger partial charge is 0.144 e. The molecule has 1 aliphatic rings. The lowest BCUT2D eigenvalue weighted by atomic mass is 9.88. The maximum Gasteiger partial charge on any atom is 0.144 e. The highest BCUT2D eigenvalue weighted by Crippen LogP contribution is 2.36. The highest BCUT2D eigenvalue weighted by Gasteiger charge is 2.23. The second-order valence-electron chi connectivity index (χ2n) is 5.42. The van der Waals surface area contributed by atoms with Crippen LogP contribution in [0.2, 0.25) is 0 Å². The largest absolute Gasteiger partial charge is 0.488 e. The molecule has 0 amide bonds. The number of aryl methyl sites for hydroxylation is 1. The lowest BCUT2D eigenvalue weighted by molar-refractivity contribution is 0.301. The van der Waals surface area contributed by atoms with Crippen LogP contribution in [-0.2, 0) is 19.4 Å². The van der Waals surface area contributed by atoms with Crippen molar-refractivity contribution in [1.29, 1.82) is 0 Å². The van der Waals surface area contributed by atoms with E-state index in [4.69, 9.17) is 10.5 Å². The summed E-state index contributed by atoms with van der Waals surface area (Å²) in [7, 11) is 0. The Hall–Kier alpha value is -1.10. The van der Waals surface area contributed by atoms with E-state index in [1.54, 1.807) is 0 Å². The Balaban J connectivity index is 0.00000176. The molecule has 0 fully saturated rings. The lowest BCUT2D eigenvalue weighted by Gasteiger charge is -2.23. The van der Waals surface area contributed by atoms with E-state index in [0.717, 1.165) is 29.5 Å². The summed E-state index contributed by atoms with van der Waals surface area (Å²) in [6.07, 6.45) is 2.30. The standard InChI is InChI=1S/C17H17BrFNO.ClH/c18-16-15(21-10-11-4-2-1-3-5-11)8-12-6-7-13(20)9-14(12)17(16)19;/h1-5,8,13H,6-7,9-10,20H2;1H/t13-;/m1./s1. The normalized spacial score (nSPS) is 16.6. The van der Waals surface area contributed by atoms with Crippen LogP contribution in [0.5, 0.6) is 5.75 Å². The van der Waals surface area contributed by atoms with Crippen LogP contribution < -0.4 is 10.5 Å². The van der Waals surface area contributed by atoms with Gasteiger partial charge in [0.15, 0.2) is 0 Å². The summed E-state index contributed by atoms with van der Waals surface area (Å²) in [6.45, 7) is 0.428. The number of ether oxygens (including phenoxy) is 1. The third-order valence-electron chi connectivity index (χ3n) is 3.85. The second-order valence-corrected chi connectivity index (χ2v) is 6.21. The Morgan fingerprint density at radius 2 is 2.00 bits per heavy atom. The summed E-state index contributed by atoms with van der Waals surface area (Å²) in [5.41, 5.74) is 8.73. The van der Waals surface area contributed by atoms with Crippen LogP contribution in [-0.4, -0.2) is 6.04 Å². The summed E-state index contributed by atoms with van der Waals surface area (Å²) in [5.74, 6) is 0.330. The molecule has 0 bridgehead atoms. The molecule has 3 rings (SSSR count). The first-order valence-corrected chi connectivity index (χ1v) is 7.86. The second kappa shape index (κ2) is 7.44. The Bertz CT molecular complexity index is 651. The predicted molar refractivity (Wildman–Crippen MR) is 92.1 cm³/mol. The van der Waals surface area contributed by atoms with Crippen molar-refractivity contribution in [1.82, 2.24) is 0 Å². The van der Waals surface area contributed by atoms with E-state index in [0.29, 0.717) is 23.2 Å². The Morgan fingerprint density at radius 1 is 1.27 bits per heavy atom. The minimum Gasteiger partial charge on any atom is -0.488 e. The van der Waals surface area contributed by atoms with E-state index in [2.05, 4.69) is 15.9 Å². The average Bonchev–Trinajstić information content (AvgIpc) is 2.51. The van der Waals surface area contributed by atoms with Crippen molar-refractivity contribution in [3.8, 4) is 5.75 Å². The molecule has 5 heteroatoms. The van der Waals surface area contributed by atoms with Gasteiger partial charge in [-0.3, -0.25) is 0 Å². The topological polar surface area (TPSA) is 35.2 Å². The number of benzene rings is 2. The number of rotatable bonds is 3. The molecule has 118 valence electrons. The molecular weight excluding hydrogens is 369 g/mol. The zero-order chi connectivity index (χ0) is 14.8. The van der Waals surface area contributed by atoms with Gasteiger partial charge in [0, 0.05) is 6.04 Å². The Labute approximate surface area is 144 Å². The quantitative estimate of drug-likeness (QED) is 0.848. The van der Waals surface area contributed by atoms with Crippen molar-refractivity contribution in [2.75, 3.05) is 0 Å². The van der Waals surface area contributed by atoms with Gasteiger partial charge in [-0.1, -0.05) is 30.3 Å². The molecule has 0 saturated carbocycles. The van der Waals surface area contributed by atoms with Crippen molar-refractivity contribution in [3.63, 3.8) is 0 Å². The highest BCUT2D eigenvalue weighted by molar-refractivity contribution is 9.10. The minimum absolute atomic E-state index is 0. The van der Waals surface area contributed by atoms with Crippen LogP contribution in [0.3, 0.4) is 0 Å². The molecule has 0 heterocycles. The molecule has 0 radical (unpaired) electrons. The van der Waals surface area contributed by atoms with Crippen LogP contribution in [0.25, 0.3) is 0 Å². The van der Waals surface area contributed by atoms with Crippen LogP contribution in [0.1, 0.15) is 23.1 Å². The van der Waals surface area contributed by atoms with E-state index in [9.17, 15) is 4.39 Å². The van der Waals surface area contributed by atoms with Crippen molar-refractivity contribution in [2.45, 2.75) is 31.9 Å². The average molecular weight is 387 g/mol. The third-order valence-corrected chi connectivity index (χ3v) is 4.59. The summed E-state index contributed by atoms with van der Waals surface area (Å²) in [6, 6.07) is 11.8. The summed E-state index contributed by atoms with van der Waals surface area (Å²) in [5, 5.41) is 0. The molecule has 1 aliphatic carbocycles. The monoisotopic (exact) mass is 385 g/mol. The van der Waals surface area contributed by atoms with Crippen LogP contribution in [0.4, 0.5) is 4.39 Å². The van der Waals surface area contributed by atoms with Crippen LogP contribution in [0, 0.1) is 5.82 Å². The summed E-state index contributed by atoms with van der Waals surface area (Å²) < 4.78 is 20.6. The zero-order valence-corrected chi connectivity index (χ0v) is 14.4. The molecule has 2 aromatic rings. The van der Waals surface area contributed by atoms with Gasteiger partial charge in [-0.25, -0.2) is 4.39 Å². The SMILES string of the molecule is Cl.N[C@@H]1CCc2cc(OCc3ccccc3)c(Br)c(F)c2C1. The van der Waals surface area contributed by atoms with Crippen molar-refractivity contribution < 1.29 is 9.13 Å². The van der Waals surface area contributed by atoms with Gasteiger partial charge in [-0.05, 0) is 57.9 Å². The van der Waals surface area contributed by atoms with Crippen molar-refractivity contribution >= 4 is 28.3 Å². The molecule has 0 aromatic heterocycles. The molecule has 2 aromatic carbocycles. The highest BCUT2D eigenvalue weighted by atomic mass is 79.9. The molecule has 1 atom stereocenters. The number of hydrogen-bond donors (Lipinski definition) is 1. The first-order chi connectivity index (χ1) is 10.1. The minimum atomic E-state index is -0.231. The Kier molecular flexibility index (Phi) is 5.84. The van der Waals surface area contributed by atoms with Crippen LogP contribution >= 0.6 is 28.3 Å². The van der Waals surface area contributed by atoms with Crippen LogP contribution in [0.15, 0.2) is 40.9 Å². The van der Waals surface area contributed by atoms with Gasteiger partial charge in [0.05, 0.1) is 4.47 Å². The van der Waals surface area contributed by atoms with E-state index in [-0.39, 0.29) is 24.3 Å². The number of hydrogen-bond acceptors (Lipinski definition) is 2. The third kappa shape index (κ3) is 3.62. The fraction of sp³-hybridized carbons (Fsp3) is 0.294. The van der Waals surface area contributed by atoms with E-state index >= 15 is 0 Å². The maximum atomic E-state index is 14.5. The molecule has 0 unspecified atom stereocenters. The first-order valence-electron chi connectivity index (χ1n) is 7.07. The zero-order valence-electron chi connectivity index (χ0n) is 12.0. The van der Waals surface area contributed by atoms with Gasteiger partial charge in [0.2, 0.25) is 0 Å². The van der Waals surface area contributed by atoms with Gasteiger partial charge < -0.3 is 10.5 Å². The summed E-state index contributed by atoms with van der Waals surface area (Å²) in [4.78, 5) is 0. The first kappa shape index (κ1) is 17.3. The summed E-state index contributed by atoms with van der Waals surface area (Å²) >= 11 is 3.31. The van der Waals surface area contributed by atoms with E-state index < -0.39 is 0 Å². The number of fused-ring (bicyclic) bond motifs is 1. The van der Waals surface area contributed by atoms with Gasteiger partial charge in [0.25, 0.3) is 0 Å². The van der Waals surface area contributed by atoms with E-state index in [1.165, 1.54) is 0 Å². The van der Waals surface area contributed by atoms with Gasteiger partial charge in [-0.2, -0.15) is 0 Å². The predicted octanol–water partition coefficient (Wildman–Crippen LogP) is 4.41. The number of halogens is 3. The number of nitrogens with two attached hydrogens (primary N) is 1. The van der Waals surface area contributed by atoms with Gasteiger partial charge >= 0.3 is 0 Å². The molecule has 0 aliphatic heterocycles. The van der Waals surface area contributed by atoms with Crippen molar-refractivity contribution in [3.05, 3.63) is 63.4 Å². The Morgan fingerprint density at radius 3 is 2.73 bits per heavy atom. The fourth-order valence-corrected chi connectivity index (χ4v) is 3.15.